The molecule has 2 rings (SSSR count). The zero-order chi connectivity index (χ0) is 16.7. The van der Waals surface area contributed by atoms with Crippen molar-refractivity contribution in [2.75, 3.05) is 7.05 Å². The number of hydrogen-bond acceptors (Lipinski definition) is 6. The highest BCUT2D eigenvalue weighted by Gasteiger charge is 2.13. The van der Waals surface area contributed by atoms with E-state index in [9.17, 15) is 0 Å². The number of rotatable bonds is 7. The number of hydrogen-bond donors (Lipinski definition) is 2. The van der Waals surface area contributed by atoms with E-state index >= 15 is 0 Å². The summed E-state index contributed by atoms with van der Waals surface area (Å²) < 4.78 is 10.3. The van der Waals surface area contributed by atoms with Crippen molar-refractivity contribution in [3.63, 3.8) is 0 Å². The van der Waals surface area contributed by atoms with Gasteiger partial charge in [-0.15, -0.1) is 24.0 Å². The van der Waals surface area contributed by atoms with E-state index in [1.807, 2.05) is 6.07 Å². The number of guanidine groups is 1. The molecule has 8 nitrogen and oxygen atoms in total. The van der Waals surface area contributed by atoms with Crippen LogP contribution in [-0.4, -0.2) is 28.3 Å². The van der Waals surface area contributed by atoms with Gasteiger partial charge < -0.3 is 19.7 Å². The average molecular weight is 448 g/mol. The second-order valence-electron chi connectivity index (χ2n) is 5.24. The summed E-state index contributed by atoms with van der Waals surface area (Å²) in [5.74, 6) is 2.99. The largest absolute Gasteiger partial charge is 0.359 e. The van der Waals surface area contributed by atoms with E-state index < -0.39 is 0 Å². The van der Waals surface area contributed by atoms with E-state index in [1.165, 1.54) is 0 Å². The molecule has 0 fully saturated rings. The normalized spacial score (nSPS) is 11.5. The number of aromatic nitrogens is 3. The molecular weight excluding hydrogens is 423 g/mol. The highest BCUT2D eigenvalue weighted by Crippen LogP contribution is 2.22. The Morgan fingerprint density at radius 3 is 2.46 bits per heavy atom. The number of aliphatic imine (C=N–C) groups is 1. The molecular formula is C15H25IN6O2. The number of aryl methyl sites for hydroxylation is 1. The van der Waals surface area contributed by atoms with E-state index in [2.05, 4.69) is 44.8 Å². The first-order valence-corrected chi connectivity index (χ1v) is 7.85. The molecule has 24 heavy (non-hydrogen) atoms. The van der Waals surface area contributed by atoms with Gasteiger partial charge >= 0.3 is 0 Å². The minimum Gasteiger partial charge on any atom is -0.359 e. The maximum Gasteiger partial charge on any atom is 0.223 e. The Bertz CT molecular complexity index is 635. The van der Waals surface area contributed by atoms with Crippen molar-refractivity contribution in [1.29, 1.82) is 0 Å². The van der Waals surface area contributed by atoms with Crippen LogP contribution < -0.4 is 10.6 Å². The summed E-state index contributed by atoms with van der Waals surface area (Å²) in [6.45, 7) is 7.02. The molecule has 2 N–H and O–H groups in total. The summed E-state index contributed by atoms with van der Waals surface area (Å²) in [6, 6.07) is 2.00. The van der Waals surface area contributed by atoms with E-state index in [4.69, 9.17) is 9.05 Å². The Morgan fingerprint density at radius 1 is 1.17 bits per heavy atom. The monoisotopic (exact) mass is 448 g/mol. The van der Waals surface area contributed by atoms with Gasteiger partial charge in [-0.3, -0.25) is 4.99 Å². The van der Waals surface area contributed by atoms with E-state index in [0.717, 1.165) is 24.3 Å². The lowest BCUT2D eigenvalue weighted by Gasteiger charge is -2.08. The van der Waals surface area contributed by atoms with Gasteiger partial charge in [0.15, 0.2) is 17.5 Å². The van der Waals surface area contributed by atoms with Crippen LogP contribution in [0.2, 0.25) is 0 Å². The maximum atomic E-state index is 5.38. The molecule has 0 bridgehead atoms. The van der Waals surface area contributed by atoms with Crippen LogP contribution in [0.25, 0.3) is 0 Å². The van der Waals surface area contributed by atoms with Gasteiger partial charge in [-0.2, -0.15) is 4.98 Å². The third-order valence-corrected chi connectivity index (χ3v) is 3.62. The molecule has 2 aromatic heterocycles. The maximum absolute atomic E-state index is 5.38. The van der Waals surface area contributed by atoms with Gasteiger partial charge in [0.1, 0.15) is 0 Å². The van der Waals surface area contributed by atoms with Crippen molar-refractivity contribution in [3.05, 3.63) is 29.2 Å². The lowest BCUT2D eigenvalue weighted by molar-refractivity contribution is 0.368. The minimum atomic E-state index is 0. The van der Waals surface area contributed by atoms with Crippen LogP contribution in [0.4, 0.5) is 0 Å². The fourth-order valence-corrected chi connectivity index (χ4v) is 2.28. The van der Waals surface area contributed by atoms with Crippen LogP contribution in [0.15, 0.2) is 20.1 Å². The first kappa shape index (κ1) is 20.4. The summed E-state index contributed by atoms with van der Waals surface area (Å²) >= 11 is 0. The standard InChI is InChI=1S/C15H24N6O2.HI/c1-5-11(6-2)13-7-12(23-20-13)8-17-15(16-4)18-9-14-19-10(3)22-21-14;/h7,11H,5-6,8-9H2,1-4H3,(H2,16,17,18);1H. The first-order valence-electron chi connectivity index (χ1n) is 7.85. The Hall–Kier alpha value is -1.65. The third kappa shape index (κ3) is 5.77. The average Bonchev–Trinajstić information content (AvgIpc) is 3.18. The zero-order valence-electron chi connectivity index (χ0n) is 14.5. The lowest BCUT2D eigenvalue weighted by Crippen LogP contribution is -2.36. The summed E-state index contributed by atoms with van der Waals surface area (Å²) in [5, 5.41) is 14.3. The summed E-state index contributed by atoms with van der Waals surface area (Å²) in [4.78, 5) is 8.27. The molecule has 0 aliphatic heterocycles. The molecule has 0 aromatic carbocycles. The molecule has 0 aliphatic rings. The van der Waals surface area contributed by atoms with Crippen LogP contribution in [-0.2, 0) is 13.1 Å². The van der Waals surface area contributed by atoms with Gasteiger partial charge in [0.2, 0.25) is 5.89 Å². The highest BCUT2D eigenvalue weighted by molar-refractivity contribution is 14.0. The van der Waals surface area contributed by atoms with Crippen LogP contribution in [0, 0.1) is 6.92 Å². The van der Waals surface area contributed by atoms with E-state index in [-0.39, 0.29) is 24.0 Å². The van der Waals surface area contributed by atoms with Crippen LogP contribution in [0.1, 0.15) is 55.8 Å². The number of nitrogens with one attached hydrogen (secondary N) is 2. The van der Waals surface area contributed by atoms with Crippen molar-refractivity contribution >= 4 is 29.9 Å². The van der Waals surface area contributed by atoms with Gasteiger partial charge in [0.25, 0.3) is 0 Å². The quantitative estimate of drug-likeness (QED) is 0.382. The molecule has 134 valence electrons. The molecule has 0 atom stereocenters. The van der Waals surface area contributed by atoms with Crippen molar-refractivity contribution in [2.45, 2.75) is 52.6 Å². The van der Waals surface area contributed by atoms with Crippen molar-refractivity contribution in [2.24, 2.45) is 4.99 Å². The molecule has 0 unspecified atom stereocenters. The van der Waals surface area contributed by atoms with E-state index in [0.29, 0.717) is 36.7 Å². The summed E-state index contributed by atoms with van der Waals surface area (Å²) in [5.41, 5.74) is 1.01. The number of halogens is 1. The summed E-state index contributed by atoms with van der Waals surface area (Å²) in [6.07, 6.45) is 2.12. The molecule has 0 aliphatic carbocycles. The Morgan fingerprint density at radius 2 is 1.88 bits per heavy atom. The van der Waals surface area contributed by atoms with E-state index in [1.54, 1.807) is 14.0 Å². The van der Waals surface area contributed by atoms with Gasteiger partial charge in [0.05, 0.1) is 18.8 Å². The fourth-order valence-electron chi connectivity index (χ4n) is 2.28. The smallest absolute Gasteiger partial charge is 0.223 e. The Kier molecular flexibility index (Phi) is 8.72. The third-order valence-electron chi connectivity index (χ3n) is 3.62. The molecule has 0 saturated heterocycles. The summed E-state index contributed by atoms with van der Waals surface area (Å²) in [7, 11) is 1.70. The molecule has 0 spiro atoms. The second kappa shape index (κ2) is 10.3. The number of nitrogens with zero attached hydrogens (tertiary/aromatic N) is 4. The van der Waals surface area contributed by atoms with Crippen molar-refractivity contribution in [1.82, 2.24) is 25.9 Å². The molecule has 0 amide bonds. The lowest BCUT2D eigenvalue weighted by atomic mass is 9.99. The van der Waals surface area contributed by atoms with Crippen LogP contribution >= 0.6 is 24.0 Å². The minimum absolute atomic E-state index is 0. The first-order chi connectivity index (χ1) is 11.2. The second-order valence-corrected chi connectivity index (χ2v) is 5.24. The molecule has 2 aromatic rings. The molecule has 9 heteroatoms. The van der Waals surface area contributed by atoms with Crippen molar-refractivity contribution < 1.29 is 9.05 Å². The zero-order valence-corrected chi connectivity index (χ0v) is 16.8. The predicted molar refractivity (Wildman–Crippen MR) is 101 cm³/mol. The highest BCUT2D eigenvalue weighted by atomic mass is 127. The van der Waals surface area contributed by atoms with Gasteiger partial charge in [-0.05, 0) is 12.8 Å². The van der Waals surface area contributed by atoms with Crippen molar-refractivity contribution in [3.8, 4) is 0 Å². The topological polar surface area (TPSA) is 101 Å². The fraction of sp³-hybridized carbons (Fsp3) is 0.600. The Balaban J connectivity index is 0.00000288. The van der Waals surface area contributed by atoms with Gasteiger partial charge in [-0.25, -0.2) is 0 Å². The predicted octanol–water partition coefficient (Wildman–Crippen LogP) is 2.75. The van der Waals surface area contributed by atoms with Crippen LogP contribution in [0.5, 0.6) is 0 Å². The van der Waals surface area contributed by atoms with Crippen LogP contribution in [0.3, 0.4) is 0 Å². The SMILES string of the molecule is CCC(CC)c1cc(CNC(=NC)NCc2noc(C)n2)on1.I. The van der Waals surface area contributed by atoms with Gasteiger partial charge in [0, 0.05) is 26.0 Å². The Labute approximate surface area is 158 Å². The van der Waals surface area contributed by atoms with Gasteiger partial charge in [-0.1, -0.05) is 24.2 Å². The molecule has 2 heterocycles. The molecule has 0 saturated carbocycles. The molecule has 0 radical (unpaired) electrons.